The van der Waals surface area contributed by atoms with Crippen LogP contribution in [0.25, 0.3) is 0 Å². The Labute approximate surface area is 74.9 Å². The molecule has 6 heteroatoms. The second-order valence-electron chi connectivity index (χ2n) is 3.09. The van der Waals surface area contributed by atoms with Crippen molar-refractivity contribution in [1.82, 2.24) is 4.90 Å². The van der Waals surface area contributed by atoms with E-state index in [1.165, 1.54) is 4.90 Å². The number of carboxylic acid groups (broad SMARTS) is 1. The smallest absolute Gasteiger partial charge is 0.314 e. The number of aliphatic hydroxyl groups is 1. The zero-order valence-electron chi connectivity index (χ0n) is 7.01. The van der Waals surface area contributed by atoms with E-state index in [2.05, 4.69) is 0 Å². The van der Waals surface area contributed by atoms with Crippen molar-refractivity contribution in [3.63, 3.8) is 0 Å². The molecule has 0 bridgehead atoms. The number of primary amides is 1. The fourth-order valence-electron chi connectivity index (χ4n) is 1.38. The molecule has 0 aliphatic carbocycles. The summed E-state index contributed by atoms with van der Waals surface area (Å²) in [6.45, 7) is 0.312. The zero-order valence-corrected chi connectivity index (χ0v) is 7.01. The van der Waals surface area contributed by atoms with Crippen LogP contribution in [0.4, 0.5) is 4.79 Å². The van der Waals surface area contributed by atoms with E-state index in [0.29, 0.717) is 6.54 Å². The van der Waals surface area contributed by atoms with Crippen LogP contribution in [0.3, 0.4) is 0 Å². The Balaban J connectivity index is 2.63. The van der Waals surface area contributed by atoms with Gasteiger partial charge in [-0.2, -0.15) is 0 Å². The molecule has 2 atom stereocenters. The Morgan fingerprint density at radius 2 is 2.08 bits per heavy atom. The number of rotatable bonds is 1. The molecular formula is C7H12N2O4. The van der Waals surface area contributed by atoms with Crippen LogP contribution >= 0.6 is 0 Å². The van der Waals surface area contributed by atoms with Crippen molar-refractivity contribution in [2.24, 2.45) is 11.7 Å². The number of urea groups is 1. The van der Waals surface area contributed by atoms with Crippen molar-refractivity contribution < 1.29 is 19.8 Å². The predicted octanol–water partition coefficient (Wildman–Crippen LogP) is -1.17. The number of aliphatic hydroxyl groups excluding tert-OH is 1. The van der Waals surface area contributed by atoms with E-state index in [9.17, 15) is 14.7 Å². The zero-order chi connectivity index (χ0) is 10.0. The molecule has 74 valence electrons. The van der Waals surface area contributed by atoms with Crippen LogP contribution < -0.4 is 5.73 Å². The molecule has 1 rings (SSSR count). The summed E-state index contributed by atoms with van der Waals surface area (Å²) in [5.41, 5.74) is 4.99. The molecule has 0 aromatic carbocycles. The summed E-state index contributed by atoms with van der Waals surface area (Å²) in [7, 11) is 0. The minimum atomic E-state index is -1.10. The summed E-state index contributed by atoms with van der Waals surface area (Å²) in [6, 6.07) is -0.641. The van der Waals surface area contributed by atoms with Gasteiger partial charge in [0.25, 0.3) is 0 Å². The lowest BCUT2D eigenvalue weighted by Crippen LogP contribution is -2.50. The van der Waals surface area contributed by atoms with E-state index in [-0.39, 0.29) is 13.0 Å². The molecule has 1 fully saturated rings. The number of piperidine rings is 1. The van der Waals surface area contributed by atoms with E-state index in [1.54, 1.807) is 0 Å². The van der Waals surface area contributed by atoms with Gasteiger partial charge in [0.05, 0.1) is 6.10 Å². The Kier molecular flexibility index (Phi) is 2.72. The number of nitrogens with zero attached hydrogens (tertiary/aromatic N) is 1. The number of amides is 2. The van der Waals surface area contributed by atoms with Crippen molar-refractivity contribution in [1.29, 1.82) is 0 Å². The highest BCUT2D eigenvalue weighted by Crippen LogP contribution is 2.16. The molecule has 1 saturated heterocycles. The lowest BCUT2D eigenvalue weighted by atomic mass is 9.95. The van der Waals surface area contributed by atoms with E-state index in [1.807, 2.05) is 0 Å². The maximum atomic E-state index is 10.7. The van der Waals surface area contributed by atoms with Gasteiger partial charge in [-0.25, -0.2) is 4.79 Å². The fraction of sp³-hybridized carbons (Fsp3) is 0.714. The number of nitrogens with two attached hydrogens (primary N) is 1. The molecule has 2 amide bonds. The van der Waals surface area contributed by atoms with Gasteiger partial charge >= 0.3 is 12.0 Å². The van der Waals surface area contributed by atoms with Crippen LogP contribution in [0, 0.1) is 5.92 Å². The molecule has 1 heterocycles. The van der Waals surface area contributed by atoms with Gasteiger partial charge in [0.15, 0.2) is 0 Å². The molecule has 4 N–H and O–H groups in total. The quantitative estimate of drug-likeness (QED) is 0.482. The maximum Gasteiger partial charge on any atom is 0.314 e. The van der Waals surface area contributed by atoms with Gasteiger partial charge < -0.3 is 20.8 Å². The number of aliphatic carboxylic acids is 1. The van der Waals surface area contributed by atoms with Gasteiger partial charge in [-0.05, 0) is 6.42 Å². The molecule has 0 radical (unpaired) electrons. The third kappa shape index (κ3) is 2.09. The van der Waals surface area contributed by atoms with Crippen LogP contribution in [0.5, 0.6) is 0 Å². The van der Waals surface area contributed by atoms with E-state index in [4.69, 9.17) is 10.8 Å². The molecule has 0 saturated carbocycles. The number of carbonyl (C=O) groups is 2. The lowest BCUT2D eigenvalue weighted by molar-refractivity contribution is -0.148. The van der Waals surface area contributed by atoms with Gasteiger partial charge in [-0.15, -0.1) is 0 Å². The van der Waals surface area contributed by atoms with E-state index < -0.39 is 24.0 Å². The summed E-state index contributed by atoms with van der Waals surface area (Å²) in [5, 5.41) is 17.9. The average molecular weight is 188 g/mol. The summed E-state index contributed by atoms with van der Waals surface area (Å²) in [4.78, 5) is 22.5. The molecule has 6 nitrogen and oxygen atoms in total. The third-order valence-corrected chi connectivity index (χ3v) is 2.21. The first-order valence-electron chi connectivity index (χ1n) is 3.97. The molecule has 0 spiro atoms. The molecule has 1 aliphatic heterocycles. The summed E-state index contributed by atoms with van der Waals surface area (Å²) in [6.07, 6.45) is -0.618. The van der Waals surface area contributed by atoms with Crippen LogP contribution in [-0.2, 0) is 4.79 Å². The number of hydrogen-bond donors (Lipinski definition) is 3. The van der Waals surface area contributed by atoms with Crippen LogP contribution in [0.1, 0.15) is 6.42 Å². The Hall–Kier alpha value is -1.30. The highest BCUT2D eigenvalue weighted by atomic mass is 16.4. The van der Waals surface area contributed by atoms with Gasteiger partial charge in [-0.1, -0.05) is 0 Å². The van der Waals surface area contributed by atoms with E-state index >= 15 is 0 Å². The summed E-state index contributed by atoms with van der Waals surface area (Å²) < 4.78 is 0. The van der Waals surface area contributed by atoms with Gasteiger partial charge in [0.2, 0.25) is 0 Å². The molecule has 13 heavy (non-hydrogen) atoms. The second kappa shape index (κ2) is 3.61. The van der Waals surface area contributed by atoms with Crippen molar-refractivity contribution in [3.05, 3.63) is 0 Å². The van der Waals surface area contributed by atoms with Crippen LogP contribution in [0.2, 0.25) is 0 Å². The first-order valence-corrected chi connectivity index (χ1v) is 3.97. The van der Waals surface area contributed by atoms with Crippen molar-refractivity contribution in [2.75, 3.05) is 13.1 Å². The van der Waals surface area contributed by atoms with E-state index in [0.717, 1.165) is 0 Å². The molecule has 0 aromatic rings. The van der Waals surface area contributed by atoms with Crippen molar-refractivity contribution in [2.45, 2.75) is 12.5 Å². The molecular weight excluding hydrogens is 176 g/mol. The molecule has 2 unspecified atom stereocenters. The number of carbonyl (C=O) groups excluding carboxylic acids is 1. The number of carboxylic acids is 1. The van der Waals surface area contributed by atoms with Gasteiger partial charge in [-0.3, -0.25) is 4.79 Å². The summed E-state index contributed by atoms with van der Waals surface area (Å²) >= 11 is 0. The standard InChI is InChI=1S/C7H12N2O4/c8-7(13)9-2-1-5(10)4(3-9)6(11)12/h4-5,10H,1-3H2,(H2,8,13)(H,11,12). The second-order valence-corrected chi connectivity index (χ2v) is 3.09. The first kappa shape index (κ1) is 9.79. The minimum absolute atomic E-state index is 0.00810. The average Bonchev–Trinajstić information content (AvgIpc) is 2.04. The SMILES string of the molecule is NC(=O)N1CCC(O)C(C(=O)O)C1. The fourth-order valence-corrected chi connectivity index (χ4v) is 1.38. The predicted molar refractivity (Wildman–Crippen MR) is 42.9 cm³/mol. The number of hydrogen-bond acceptors (Lipinski definition) is 3. The Morgan fingerprint density at radius 1 is 1.46 bits per heavy atom. The van der Waals surface area contributed by atoms with Crippen LogP contribution in [-0.4, -0.2) is 46.3 Å². The highest BCUT2D eigenvalue weighted by Gasteiger charge is 2.34. The summed E-state index contributed by atoms with van der Waals surface area (Å²) in [5.74, 6) is -2.01. The van der Waals surface area contributed by atoms with Crippen molar-refractivity contribution in [3.8, 4) is 0 Å². The normalized spacial score (nSPS) is 28.5. The molecule has 0 aromatic heterocycles. The lowest BCUT2D eigenvalue weighted by Gasteiger charge is -2.32. The minimum Gasteiger partial charge on any atom is -0.481 e. The van der Waals surface area contributed by atoms with Gasteiger partial charge in [0, 0.05) is 13.1 Å². The van der Waals surface area contributed by atoms with Crippen LogP contribution in [0.15, 0.2) is 0 Å². The Morgan fingerprint density at radius 3 is 2.54 bits per heavy atom. The molecule has 1 aliphatic rings. The topological polar surface area (TPSA) is 104 Å². The van der Waals surface area contributed by atoms with Gasteiger partial charge in [0.1, 0.15) is 5.92 Å². The third-order valence-electron chi connectivity index (χ3n) is 2.21. The highest BCUT2D eigenvalue weighted by molar-refractivity contribution is 5.75. The largest absolute Gasteiger partial charge is 0.481 e. The first-order chi connectivity index (χ1) is 6.02. The number of likely N-dealkylation sites (tertiary alicyclic amines) is 1. The monoisotopic (exact) mass is 188 g/mol. The van der Waals surface area contributed by atoms with Crippen molar-refractivity contribution >= 4 is 12.0 Å². The Bertz CT molecular complexity index is 231. The maximum absolute atomic E-state index is 10.7.